The third-order valence-electron chi connectivity index (χ3n) is 5.58. The average molecular weight is 600 g/mol. The third kappa shape index (κ3) is 8.03. The Labute approximate surface area is 234 Å². The number of benzene rings is 2. The van der Waals surface area contributed by atoms with Gasteiger partial charge in [-0.1, -0.05) is 18.2 Å². The van der Waals surface area contributed by atoms with Crippen molar-refractivity contribution < 1.29 is 45.9 Å². The van der Waals surface area contributed by atoms with Gasteiger partial charge in [0, 0.05) is 0 Å². The Balaban J connectivity index is 1.79. The van der Waals surface area contributed by atoms with E-state index in [1.807, 2.05) is 6.07 Å². The zero-order chi connectivity index (χ0) is 29.2. The Morgan fingerprint density at radius 1 is 0.950 bits per heavy atom. The van der Waals surface area contributed by atoms with E-state index in [0.717, 1.165) is 0 Å². The van der Waals surface area contributed by atoms with E-state index in [1.54, 1.807) is 45.9 Å². The van der Waals surface area contributed by atoms with Gasteiger partial charge in [0.05, 0.1) is 38.7 Å². The van der Waals surface area contributed by atoms with Crippen molar-refractivity contribution in [1.29, 1.82) is 0 Å². The van der Waals surface area contributed by atoms with Crippen LogP contribution in [-0.2, 0) is 32.0 Å². The van der Waals surface area contributed by atoms with Crippen molar-refractivity contribution in [2.45, 2.75) is 46.6 Å². The zero-order valence-electron chi connectivity index (χ0n) is 23.1. The van der Waals surface area contributed by atoms with E-state index in [4.69, 9.17) is 27.6 Å². The Hall–Kier alpha value is -2.52. The zero-order valence-corrected chi connectivity index (χ0v) is 24.9. The topological polar surface area (TPSA) is 119 Å². The van der Waals surface area contributed by atoms with Crippen molar-refractivity contribution in [3.05, 3.63) is 58.9 Å². The van der Waals surface area contributed by atoms with Gasteiger partial charge >= 0.3 is 15.2 Å². The van der Waals surface area contributed by atoms with Crippen molar-refractivity contribution in [2.75, 3.05) is 38.4 Å². The second kappa shape index (κ2) is 14.9. The maximum atomic E-state index is 14.6. The number of carbonyl (C=O) groups is 1. The summed E-state index contributed by atoms with van der Waals surface area (Å²) in [6.45, 7) is 6.65. The molecule has 2 aromatic carbocycles. The molecule has 13 heteroatoms. The first-order valence-electron chi connectivity index (χ1n) is 13.2. The number of nitrogens with one attached hydrogen (secondary N) is 1. The van der Waals surface area contributed by atoms with Gasteiger partial charge in [0.2, 0.25) is 0 Å². The van der Waals surface area contributed by atoms with E-state index in [2.05, 4.69) is 5.32 Å². The van der Waals surface area contributed by atoms with E-state index >= 15 is 0 Å². The molecule has 0 saturated heterocycles. The summed E-state index contributed by atoms with van der Waals surface area (Å²) in [7, 11) is -8.22. The number of halogens is 1. The molecule has 1 heterocycles. The van der Waals surface area contributed by atoms with Gasteiger partial charge in [-0.25, -0.2) is 4.39 Å². The van der Waals surface area contributed by atoms with E-state index in [1.165, 1.54) is 24.3 Å². The molecule has 1 aliphatic heterocycles. The van der Waals surface area contributed by atoms with Crippen LogP contribution in [-0.4, -0.2) is 45.0 Å². The summed E-state index contributed by atoms with van der Waals surface area (Å²) in [5.41, 5.74) is 0.931. The van der Waals surface area contributed by atoms with Gasteiger partial charge in [0.1, 0.15) is 5.75 Å². The molecule has 1 N–H and O–H groups in total. The largest absolute Gasteiger partial charge is 0.490 e. The highest BCUT2D eigenvalue weighted by atomic mass is 31.2. The molecule has 10 nitrogen and oxygen atoms in total. The Bertz CT molecular complexity index is 1230. The van der Waals surface area contributed by atoms with Gasteiger partial charge in [0.25, 0.3) is 5.91 Å². The van der Waals surface area contributed by atoms with Gasteiger partial charge in [-0.2, -0.15) is 0 Å². The Morgan fingerprint density at radius 3 is 2.15 bits per heavy atom. The SMILES string of the molecule is CCOP(=O)(OCC)C(=Cc1ccc(F)c(OCCCC2Oc3ccccc3NC2=O)c1)P(=O)(OCC)OCC. The first-order chi connectivity index (χ1) is 19.2. The summed E-state index contributed by atoms with van der Waals surface area (Å²) in [4.78, 5) is 12.3. The lowest BCUT2D eigenvalue weighted by Gasteiger charge is -2.26. The minimum absolute atomic E-state index is 0.0129. The Morgan fingerprint density at radius 2 is 1.55 bits per heavy atom. The lowest BCUT2D eigenvalue weighted by atomic mass is 10.1. The lowest BCUT2D eigenvalue weighted by molar-refractivity contribution is -0.123. The van der Waals surface area contributed by atoms with Crippen molar-refractivity contribution in [2.24, 2.45) is 0 Å². The molecule has 0 spiro atoms. The van der Waals surface area contributed by atoms with Crippen LogP contribution in [0.4, 0.5) is 10.1 Å². The predicted octanol–water partition coefficient (Wildman–Crippen LogP) is 7.22. The maximum Gasteiger partial charge on any atom is 0.369 e. The summed E-state index contributed by atoms with van der Waals surface area (Å²) in [5, 5.41) is 2.52. The standard InChI is InChI=1S/C27H36FNO9P2/c1-5-34-39(31,35-6-2)26(40(32,36-7-3)37-8-4)19-20-15-16-21(28)25(18-20)33-17-11-14-24-27(30)29-22-12-9-10-13-23(22)38-24/h9-10,12-13,15-16,18-19,24H,5-8,11,14,17H2,1-4H3,(H,29,30). The molecule has 1 aliphatic rings. The Kier molecular flexibility index (Phi) is 11.9. The van der Waals surface area contributed by atoms with Gasteiger partial charge < -0.3 is 32.9 Å². The van der Waals surface area contributed by atoms with E-state index in [9.17, 15) is 18.3 Å². The predicted molar refractivity (Wildman–Crippen MR) is 150 cm³/mol. The second-order valence-corrected chi connectivity index (χ2v) is 12.8. The van der Waals surface area contributed by atoms with E-state index < -0.39 is 27.1 Å². The third-order valence-corrected chi connectivity index (χ3v) is 10.8. The molecule has 2 aromatic rings. The number of carbonyl (C=O) groups excluding carboxylic acids is 1. The maximum absolute atomic E-state index is 14.6. The molecule has 1 amide bonds. The fourth-order valence-electron chi connectivity index (χ4n) is 3.93. The van der Waals surface area contributed by atoms with Crippen molar-refractivity contribution in [3.8, 4) is 11.5 Å². The number of amides is 1. The normalized spacial score (nSPS) is 15.1. The average Bonchev–Trinajstić information content (AvgIpc) is 2.91. The fourth-order valence-corrected chi connectivity index (χ4v) is 8.48. The molecule has 0 saturated carbocycles. The van der Waals surface area contributed by atoms with Crippen LogP contribution in [0.25, 0.3) is 6.08 Å². The van der Waals surface area contributed by atoms with E-state index in [-0.39, 0.29) is 49.7 Å². The molecule has 1 unspecified atom stereocenters. The first-order valence-corrected chi connectivity index (χ1v) is 16.3. The number of rotatable bonds is 16. The number of hydrogen-bond acceptors (Lipinski definition) is 9. The quantitative estimate of drug-likeness (QED) is 0.158. The highest BCUT2D eigenvalue weighted by molar-refractivity contribution is 7.79. The highest BCUT2D eigenvalue weighted by Gasteiger charge is 2.45. The summed E-state index contributed by atoms with van der Waals surface area (Å²) in [6.07, 6.45) is 1.36. The summed E-state index contributed by atoms with van der Waals surface area (Å²) >= 11 is 0. The number of hydrogen-bond donors (Lipinski definition) is 1. The van der Waals surface area contributed by atoms with Crippen LogP contribution in [0.1, 0.15) is 46.1 Å². The molecule has 3 rings (SSSR count). The monoisotopic (exact) mass is 599 g/mol. The highest BCUT2D eigenvalue weighted by Crippen LogP contribution is 2.74. The van der Waals surface area contributed by atoms with Gasteiger partial charge in [-0.05, 0) is 76.4 Å². The molecule has 0 fully saturated rings. The molecule has 0 radical (unpaired) electrons. The first kappa shape index (κ1) is 32.0. The number of anilines is 1. The molecular weight excluding hydrogens is 563 g/mol. The second-order valence-electron chi connectivity index (χ2n) is 8.44. The molecule has 0 bridgehead atoms. The fraction of sp³-hybridized carbons (Fsp3) is 0.444. The smallest absolute Gasteiger partial charge is 0.369 e. The van der Waals surface area contributed by atoms with Crippen LogP contribution in [0.3, 0.4) is 0 Å². The lowest BCUT2D eigenvalue weighted by Crippen LogP contribution is -2.37. The minimum atomic E-state index is -4.11. The summed E-state index contributed by atoms with van der Waals surface area (Å²) in [5.74, 6) is -0.389. The van der Waals surface area contributed by atoms with Crippen molar-refractivity contribution in [3.63, 3.8) is 0 Å². The van der Waals surface area contributed by atoms with Crippen LogP contribution >= 0.6 is 15.2 Å². The van der Waals surface area contributed by atoms with Crippen LogP contribution in [0.2, 0.25) is 0 Å². The molecule has 0 aromatic heterocycles. The van der Waals surface area contributed by atoms with E-state index in [0.29, 0.717) is 29.8 Å². The molecular formula is C27H36FNO9P2. The van der Waals surface area contributed by atoms with Gasteiger partial charge in [-0.3, -0.25) is 13.9 Å². The number of ether oxygens (including phenoxy) is 2. The number of fused-ring (bicyclic) bond motifs is 1. The van der Waals surface area contributed by atoms with Crippen molar-refractivity contribution in [1.82, 2.24) is 0 Å². The van der Waals surface area contributed by atoms with Gasteiger partial charge in [-0.15, -0.1) is 0 Å². The molecule has 1 atom stereocenters. The minimum Gasteiger partial charge on any atom is -0.490 e. The molecule has 0 aliphatic carbocycles. The van der Waals surface area contributed by atoms with Crippen LogP contribution in [0, 0.1) is 5.82 Å². The van der Waals surface area contributed by atoms with Crippen LogP contribution < -0.4 is 14.8 Å². The molecule has 40 heavy (non-hydrogen) atoms. The van der Waals surface area contributed by atoms with Gasteiger partial charge in [0.15, 0.2) is 22.7 Å². The van der Waals surface area contributed by atoms with Crippen molar-refractivity contribution >= 4 is 32.9 Å². The number of para-hydroxylation sites is 2. The van der Waals surface area contributed by atoms with Crippen LogP contribution in [0.15, 0.2) is 47.5 Å². The summed E-state index contributed by atoms with van der Waals surface area (Å²) in [6, 6.07) is 11.1. The van der Waals surface area contributed by atoms with Crippen LogP contribution in [0.5, 0.6) is 11.5 Å². The molecule has 220 valence electrons. The summed E-state index contributed by atoms with van der Waals surface area (Å²) < 4.78 is 75.3.